The van der Waals surface area contributed by atoms with Crippen LogP contribution in [-0.4, -0.2) is 36.2 Å². The number of methoxy groups -OCH3 is 1. The highest BCUT2D eigenvalue weighted by molar-refractivity contribution is 6.11. The monoisotopic (exact) mass is 439 g/mol. The summed E-state index contributed by atoms with van der Waals surface area (Å²) in [6, 6.07) is 17.5. The predicted octanol–water partition coefficient (Wildman–Crippen LogP) is 3.63. The van der Waals surface area contributed by atoms with Gasteiger partial charge in [-0.3, -0.25) is 4.79 Å². The van der Waals surface area contributed by atoms with Crippen LogP contribution in [-0.2, 0) is 0 Å². The molecular weight excluding hydrogens is 422 g/mol. The fraction of sp³-hybridized carbons (Fsp3) is 0.130. The van der Waals surface area contributed by atoms with Gasteiger partial charge in [-0.05, 0) is 35.7 Å². The third kappa shape index (κ3) is 4.27. The Hall–Kier alpha value is -4.96. The summed E-state index contributed by atoms with van der Waals surface area (Å²) in [5.41, 5.74) is 0.585. The van der Waals surface area contributed by atoms with Crippen molar-refractivity contribution in [3.8, 4) is 23.6 Å². The van der Waals surface area contributed by atoms with Gasteiger partial charge in [-0.1, -0.05) is 24.3 Å². The number of benzene rings is 3. The zero-order valence-corrected chi connectivity index (χ0v) is 17.4. The molecule has 0 bridgehead atoms. The van der Waals surface area contributed by atoms with Crippen molar-refractivity contribution in [3.63, 3.8) is 0 Å². The van der Waals surface area contributed by atoms with Crippen molar-refractivity contribution in [2.24, 2.45) is 15.2 Å². The lowest BCUT2D eigenvalue weighted by molar-refractivity contribution is 0.102. The van der Waals surface area contributed by atoms with Crippen LogP contribution in [0.15, 0.2) is 69.8 Å². The Morgan fingerprint density at radius 2 is 1.91 bits per heavy atom. The predicted molar refractivity (Wildman–Crippen MR) is 120 cm³/mol. The number of hydrogen-bond donors (Lipinski definition) is 3. The molecule has 0 saturated carbocycles. The summed E-state index contributed by atoms with van der Waals surface area (Å²) in [5, 5.41) is 43.8. The van der Waals surface area contributed by atoms with Crippen molar-refractivity contribution in [2.45, 2.75) is 12.1 Å². The largest absolute Gasteiger partial charge is 0.505 e. The first-order valence-corrected chi connectivity index (χ1v) is 9.79. The molecule has 0 radical (unpaired) electrons. The number of azo groups is 1. The van der Waals surface area contributed by atoms with E-state index in [2.05, 4.69) is 25.9 Å². The minimum atomic E-state index is -0.907. The first-order valence-electron chi connectivity index (χ1n) is 9.79. The number of ether oxygens (including phenoxy) is 1. The third-order valence-corrected chi connectivity index (χ3v) is 4.97. The number of amides is 1. The molecule has 4 rings (SSSR count). The normalized spacial score (nSPS) is 17.1. The molecule has 1 aliphatic heterocycles. The van der Waals surface area contributed by atoms with Gasteiger partial charge in [-0.15, -0.1) is 10.2 Å². The Morgan fingerprint density at radius 1 is 1.15 bits per heavy atom. The number of nitrogens with zero attached hydrogens (tertiary/aromatic N) is 5. The number of rotatable bonds is 4. The number of guanidine groups is 1. The molecule has 0 fully saturated rings. The van der Waals surface area contributed by atoms with E-state index >= 15 is 0 Å². The molecule has 2 unspecified atom stereocenters. The Balaban J connectivity index is 1.70. The van der Waals surface area contributed by atoms with Gasteiger partial charge in [0.2, 0.25) is 5.96 Å². The molecule has 162 valence electrons. The van der Waals surface area contributed by atoms with Crippen molar-refractivity contribution in [2.75, 3.05) is 12.4 Å². The van der Waals surface area contributed by atoms with Crippen molar-refractivity contribution in [3.05, 3.63) is 60.2 Å². The van der Waals surface area contributed by atoms with E-state index in [4.69, 9.17) is 15.3 Å². The number of carbonyl (C=O) groups excluding carboxylic acids is 1. The van der Waals surface area contributed by atoms with Crippen molar-refractivity contribution in [1.82, 2.24) is 5.32 Å². The van der Waals surface area contributed by atoms with Crippen LogP contribution < -0.4 is 15.4 Å². The Kier molecular flexibility index (Phi) is 5.83. The lowest BCUT2D eigenvalue weighted by Crippen LogP contribution is -2.31. The molecule has 1 heterocycles. The fourth-order valence-electron chi connectivity index (χ4n) is 3.28. The van der Waals surface area contributed by atoms with E-state index in [1.165, 1.54) is 0 Å². The highest BCUT2D eigenvalue weighted by atomic mass is 16.5. The van der Waals surface area contributed by atoms with Gasteiger partial charge >= 0.3 is 0 Å². The van der Waals surface area contributed by atoms with Gasteiger partial charge < -0.3 is 20.5 Å². The van der Waals surface area contributed by atoms with E-state index in [1.54, 1.807) is 61.7 Å². The molecule has 0 aliphatic carbocycles. The zero-order chi connectivity index (χ0) is 23.4. The highest BCUT2D eigenvalue weighted by Crippen LogP contribution is 2.39. The Bertz CT molecular complexity index is 1370. The smallest absolute Gasteiger partial charge is 0.259 e. The van der Waals surface area contributed by atoms with Crippen LogP contribution in [0.5, 0.6) is 11.5 Å². The van der Waals surface area contributed by atoms with Crippen LogP contribution in [0.2, 0.25) is 0 Å². The molecule has 3 aromatic carbocycles. The minimum Gasteiger partial charge on any atom is -0.505 e. The van der Waals surface area contributed by atoms with Crippen LogP contribution in [0.1, 0.15) is 10.4 Å². The summed E-state index contributed by atoms with van der Waals surface area (Å²) in [7, 11) is 1.55. The molecule has 0 spiro atoms. The van der Waals surface area contributed by atoms with E-state index in [0.717, 1.165) is 0 Å². The van der Waals surface area contributed by atoms with Crippen molar-refractivity contribution < 1.29 is 14.6 Å². The molecule has 0 aromatic heterocycles. The molecule has 3 N–H and O–H groups in total. The number of phenolic OH excluding ortho intramolecular Hbond substituents is 1. The van der Waals surface area contributed by atoms with E-state index in [9.17, 15) is 9.90 Å². The number of fused-ring (bicyclic) bond motifs is 1. The molecular formula is C23H17N7O3. The number of aromatic hydroxyl groups is 1. The Labute approximate surface area is 188 Å². The van der Waals surface area contributed by atoms with E-state index in [1.807, 2.05) is 12.1 Å². The average molecular weight is 439 g/mol. The number of aliphatic imine (C=N–C) groups is 1. The van der Waals surface area contributed by atoms with Gasteiger partial charge in [0.05, 0.1) is 24.8 Å². The molecule has 3 aromatic rings. The minimum absolute atomic E-state index is 0.00425. The number of nitriles is 2. The topological polar surface area (TPSA) is 155 Å². The van der Waals surface area contributed by atoms with Gasteiger partial charge in [0.15, 0.2) is 17.8 Å². The molecule has 10 heteroatoms. The van der Waals surface area contributed by atoms with E-state index < -0.39 is 18.0 Å². The van der Waals surface area contributed by atoms with E-state index in [-0.39, 0.29) is 23.0 Å². The summed E-state index contributed by atoms with van der Waals surface area (Å²) in [6.07, 6.45) is 0. The van der Waals surface area contributed by atoms with Crippen LogP contribution in [0.3, 0.4) is 0 Å². The van der Waals surface area contributed by atoms with Gasteiger partial charge in [-0.2, -0.15) is 10.5 Å². The standard InChI is InChI=1S/C23H17N7O3/c1-33-15-8-6-14(7-9-15)26-22(32)17-10-13-4-2-3-5-16(13)20(21(17)31)29-30-23-27-18(11-24)19(12-25)28-23/h2-10,18-19,31H,1H3,(H,26,32)(H,27,28)/b30-29+. The van der Waals surface area contributed by atoms with Gasteiger partial charge in [0.25, 0.3) is 5.91 Å². The van der Waals surface area contributed by atoms with Gasteiger partial charge in [-0.25, -0.2) is 4.99 Å². The maximum absolute atomic E-state index is 12.9. The number of anilines is 1. The lowest BCUT2D eigenvalue weighted by Gasteiger charge is -2.11. The quantitative estimate of drug-likeness (QED) is 0.527. The SMILES string of the molecule is COc1ccc(NC(=O)c2cc3ccccc3c(/N=N/C3=NC(C#N)C(C#N)N3)c2O)cc1. The molecule has 1 amide bonds. The highest BCUT2D eigenvalue weighted by Gasteiger charge is 2.28. The molecule has 0 saturated heterocycles. The summed E-state index contributed by atoms with van der Waals surface area (Å²) >= 11 is 0. The summed E-state index contributed by atoms with van der Waals surface area (Å²) in [6.45, 7) is 0. The Morgan fingerprint density at radius 3 is 2.58 bits per heavy atom. The number of nitrogens with one attached hydrogen (secondary N) is 2. The number of carbonyl (C=O) groups is 1. The first-order chi connectivity index (χ1) is 16.0. The second-order valence-electron chi connectivity index (χ2n) is 7.00. The average Bonchev–Trinajstić information content (AvgIpc) is 3.26. The number of hydrogen-bond acceptors (Lipinski definition) is 9. The lowest BCUT2D eigenvalue weighted by atomic mass is 10.0. The summed E-state index contributed by atoms with van der Waals surface area (Å²) in [4.78, 5) is 16.9. The summed E-state index contributed by atoms with van der Waals surface area (Å²) < 4.78 is 5.11. The first kappa shape index (κ1) is 21.3. The second kappa shape index (κ2) is 9.04. The summed E-state index contributed by atoms with van der Waals surface area (Å²) in [5.74, 6) is -0.268. The zero-order valence-electron chi connectivity index (χ0n) is 17.4. The van der Waals surface area contributed by atoms with Crippen LogP contribution >= 0.6 is 0 Å². The van der Waals surface area contributed by atoms with Crippen LogP contribution in [0.25, 0.3) is 10.8 Å². The van der Waals surface area contributed by atoms with Crippen LogP contribution in [0, 0.1) is 22.7 Å². The maximum atomic E-state index is 12.9. The van der Waals surface area contributed by atoms with Crippen LogP contribution in [0.4, 0.5) is 11.4 Å². The molecule has 33 heavy (non-hydrogen) atoms. The molecule has 10 nitrogen and oxygen atoms in total. The number of phenols is 1. The molecule has 1 aliphatic rings. The van der Waals surface area contributed by atoms with Gasteiger partial charge in [0.1, 0.15) is 11.4 Å². The third-order valence-electron chi connectivity index (χ3n) is 4.97. The fourth-order valence-corrected chi connectivity index (χ4v) is 3.28. The molecule has 2 atom stereocenters. The van der Waals surface area contributed by atoms with Crippen molar-refractivity contribution >= 4 is 34.0 Å². The van der Waals surface area contributed by atoms with Crippen molar-refractivity contribution in [1.29, 1.82) is 10.5 Å². The maximum Gasteiger partial charge on any atom is 0.259 e. The van der Waals surface area contributed by atoms with Gasteiger partial charge in [0, 0.05) is 11.1 Å². The second-order valence-corrected chi connectivity index (χ2v) is 7.00. The van der Waals surface area contributed by atoms with E-state index in [0.29, 0.717) is 22.2 Å².